The SMILES string of the molecule is NC(=O)c1cc2ccccc2c(N=Nc2c3ccccc3nc3ccccc23)c1O. The molecule has 0 unspecified atom stereocenters. The molecule has 1 amide bonds. The van der Waals surface area contributed by atoms with Crippen molar-refractivity contribution in [3.63, 3.8) is 0 Å². The molecule has 30 heavy (non-hydrogen) atoms. The van der Waals surface area contributed by atoms with E-state index in [2.05, 4.69) is 15.2 Å². The fourth-order valence-electron chi connectivity index (χ4n) is 3.63. The van der Waals surface area contributed by atoms with Crippen LogP contribution in [0, 0.1) is 0 Å². The first-order chi connectivity index (χ1) is 14.6. The summed E-state index contributed by atoms with van der Waals surface area (Å²) in [6, 6.07) is 24.2. The summed E-state index contributed by atoms with van der Waals surface area (Å²) >= 11 is 0. The molecule has 0 saturated heterocycles. The number of fused-ring (bicyclic) bond motifs is 3. The minimum Gasteiger partial charge on any atom is -0.505 e. The highest BCUT2D eigenvalue weighted by Gasteiger charge is 2.16. The Morgan fingerprint density at radius 2 is 1.30 bits per heavy atom. The summed E-state index contributed by atoms with van der Waals surface area (Å²) < 4.78 is 0. The van der Waals surface area contributed by atoms with Gasteiger partial charge >= 0.3 is 0 Å². The van der Waals surface area contributed by atoms with Gasteiger partial charge in [-0.05, 0) is 23.6 Å². The third kappa shape index (κ3) is 2.82. The molecule has 0 aliphatic carbocycles. The maximum absolute atomic E-state index is 11.8. The number of primary amides is 1. The zero-order valence-electron chi connectivity index (χ0n) is 15.8. The van der Waals surface area contributed by atoms with E-state index in [4.69, 9.17) is 5.73 Å². The predicted molar refractivity (Wildman–Crippen MR) is 118 cm³/mol. The van der Waals surface area contributed by atoms with Crippen molar-refractivity contribution in [2.75, 3.05) is 0 Å². The molecule has 0 aliphatic heterocycles. The van der Waals surface area contributed by atoms with E-state index in [1.54, 1.807) is 6.07 Å². The largest absolute Gasteiger partial charge is 0.505 e. The molecule has 144 valence electrons. The molecule has 6 nitrogen and oxygen atoms in total. The maximum Gasteiger partial charge on any atom is 0.252 e. The van der Waals surface area contributed by atoms with Gasteiger partial charge in [0.2, 0.25) is 0 Å². The molecule has 6 heteroatoms. The van der Waals surface area contributed by atoms with Crippen molar-refractivity contribution in [1.29, 1.82) is 0 Å². The summed E-state index contributed by atoms with van der Waals surface area (Å²) in [5.41, 5.74) is 7.89. The lowest BCUT2D eigenvalue weighted by Crippen LogP contribution is -2.11. The van der Waals surface area contributed by atoms with Crippen LogP contribution in [-0.4, -0.2) is 16.0 Å². The Balaban J connectivity index is 1.81. The van der Waals surface area contributed by atoms with Gasteiger partial charge in [-0.25, -0.2) is 4.98 Å². The summed E-state index contributed by atoms with van der Waals surface area (Å²) in [5, 5.41) is 22.7. The number of phenols is 1. The van der Waals surface area contributed by atoms with E-state index < -0.39 is 5.91 Å². The molecule has 1 aromatic heterocycles. The van der Waals surface area contributed by atoms with Crippen molar-refractivity contribution in [3.8, 4) is 5.75 Å². The maximum atomic E-state index is 11.8. The molecule has 0 fully saturated rings. The first-order valence-electron chi connectivity index (χ1n) is 9.37. The highest BCUT2D eigenvalue weighted by Crippen LogP contribution is 2.40. The predicted octanol–water partition coefficient (Wildman–Crippen LogP) is 5.76. The molecule has 1 heterocycles. The molecule has 0 aliphatic rings. The molecule has 0 radical (unpaired) electrons. The van der Waals surface area contributed by atoms with E-state index in [1.165, 1.54) is 0 Å². The van der Waals surface area contributed by atoms with Crippen LogP contribution in [0.2, 0.25) is 0 Å². The Bertz CT molecular complexity index is 1440. The van der Waals surface area contributed by atoms with Gasteiger partial charge < -0.3 is 10.8 Å². The topological polar surface area (TPSA) is 101 Å². The zero-order chi connectivity index (χ0) is 20.7. The number of hydrogen-bond donors (Lipinski definition) is 2. The van der Waals surface area contributed by atoms with Gasteiger partial charge in [0.15, 0.2) is 5.75 Å². The van der Waals surface area contributed by atoms with Gasteiger partial charge in [0.25, 0.3) is 5.91 Å². The van der Waals surface area contributed by atoms with Crippen LogP contribution in [0.3, 0.4) is 0 Å². The number of aromatic hydroxyl groups is 1. The average molecular weight is 392 g/mol. The van der Waals surface area contributed by atoms with Crippen LogP contribution in [0.5, 0.6) is 5.75 Å². The van der Waals surface area contributed by atoms with Crippen LogP contribution in [-0.2, 0) is 0 Å². The van der Waals surface area contributed by atoms with Gasteiger partial charge in [-0.2, -0.15) is 0 Å². The number of rotatable bonds is 3. The molecule has 0 atom stereocenters. The second kappa shape index (κ2) is 6.93. The third-order valence-corrected chi connectivity index (χ3v) is 5.07. The Labute approximate surface area is 171 Å². The van der Waals surface area contributed by atoms with Crippen LogP contribution < -0.4 is 5.73 Å². The fraction of sp³-hybridized carbons (Fsp3) is 0. The minimum absolute atomic E-state index is 0.00657. The lowest BCUT2D eigenvalue weighted by molar-refractivity contribution is 0.0998. The van der Waals surface area contributed by atoms with E-state index in [1.807, 2.05) is 72.8 Å². The van der Waals surface area contributed by atoms with Gasteiger partial charge in [-0.3, -0.25) is 4.79 Å². The Hall–Kier alpha value is -4.32. The number of pyridine rings is 1. The van der Waals surface area contributed by atoms with E-state index in [-0.39, 0.29) is 17.0 Å². The summed E-state index contributed by atoms with van der Waals surface area (Å²) in [6.07, 6.45) is 0. The van der Waals surface area contributed by atoms with Crippen molar-refractivity contribution in [3.05, 3.63) is 84.4 Å². The molecule has 5 rings (SSSR count). The smallest absolute Gasteiger partial charge is 0.252 e. The van der Waals surface area contributed by atoms with Gasteiger partial charge in [0.1, 0.15) is 11.4 Å². The molecule has 0 bridgehead atoms. The number of azo groups is 1. The summed E-state index contributed by atoms with van der Waals surface area (Å²) in [4.78, 5) is 16.5. The number of amides is 1. The Kier molecular flexibility index (Phi) is 4.10. The number of benzene rings is 4. The quantitative estimate of drug-likeness (QED) is 0.301. The van der Waals surface area contributed by atoms with Crippen molar-refractivity contribution in [1.82, 2.24) is 4.98 Å². The Morgan fingerprint density at radius 3 is 1.93 bits per heavy atom. The third-order valence-electron chi connectivity index (χ3n) is 5.07. The van der Waals surface area contributed by atoms with E-state index in [0.29, 0.717) is 11.1 Å². The monoisotopic (exact) mass is 392 g/mol. The first kappa shape index (κ1) is 17.8. The molecule has 4 aromatic carbocycles. The van der Waals surface area contributed by atoms with Crippen LogP contribution in [0.4, 0.5) is 11.4 Å². The number of para-hydroxylation sites is 2. The lowest BCUT2D eigenvalue weighted by atomic mass is 10.0. The van der Waals surface area contributed by atoms with Gasteiger partial charge in [0.05, 0.1) is 16.6 Å². The van der Waals surface area contributed by atoms with Crippen molar-refractivity contribution < 1.29 is 9.90 Å². The van der Waals surface area contributed by atoms with E-state index >= 15 is 0 Å². The zero-order valence-corrected chi connectivity index (χ0v) is 15.8. The van der Waals surface area contributed by atoms with Crippen molar-refractivity contribution >= 4 is 49.9 Å². The van der Waals surface area contributed by atoms with Gasteiger partial charge in [-0.1, -0.05) is 60.7 Å². The number of nitrogens with two attached hydrogens (primary N) is 1. The van der Waals surface area contributed by atoms with Crippen molar-refractivity contribution in [2.45, 2.75) is 0 Å². The van der Waals surface area contributed by atoms with Gasteiger partial charge in [0, 0.05) is 16.2 Å². The number of carbonyl (C=O) groups excluding carboxylic acids is 1. The number of hydrogen-bond acceptors (Lipinski definition) is 5. The highest BCUT2D eigenvalue weighted by atomic mass is 16.3. The highest BCUT2D eigenvalue weighted by molar-refractivity contribution is 6.07. The molecule has 0 saturated carbocycles. The normalized spacial score (nSPS) is 11.6. The number of aromatic nitrogens is 1. The Morgan fingerprint density at radius 1 is 0.767 bits per heavy atom. The van der Waals surface area contributed by atoms with E-state index in [9.17, 15) is 9.90 Å². The lowest BCUT2D eigenvalue weighted by Gasteiger charge is -2.09. The van der Waals surface area contributed by atoms with E-state index in [0.717, 1.165) is 27.2 Å². The standard InChI is InChI=1S/C24H16N4O2/c25-24(30)18-13-14-7-1-2-8-15(14)22(23(18)29)28-27-21-16-9-3-5-11-19(16)26-20-12-6-4-10-17(20)21/h1-13,29H,(H2,25,30). The summed E-state index contributed by atoms with van der Waals surface area (Å²) in [5.74, 6) is -1.01. The second-order valence-corrected chi connectivity index (χ2v) is 6.90. The van der Waals surface area contributed by atoms with Crippen LogP contribution >= 0.6 is 0 Å². The van der Waals surface area contributed by atoms with Crippen LogP contribution in [0.15, 0.2) is 89.1 Å². The molecule has 0 spiro atoms. The minimum atomic E-state index is -0.727. The molecular weight excluding hydrogens is 376 g/mol. The number of carbonyl (C=O) groups is 1. The fourth-order valence-corrected chi connectivity index (χ4v) is 3.63. The molecule has 5 aromatic rings. The average Bonchev–Trinajstić information content (AvgIpc) is 2.77. The van der Waals surface area contributed by atoms with Crippen molar-refractivity contribution in [2.24, 2.45) is 16.0 Å². The second-order valence-electron chi connectivity index (χ2n) is 6.90. The van der Waals surface area contributed by atoms with Crippen LogP contribution in [0.1, 0.15) is 10.4 Å². The summed E-state index contributed by atoms with van der Waals surface area (Å²) in [7, 11) is 0. The number of nitrogens with zero attached hydrogens (tertiary/aromatic N) is 3. The summed E-state index contributed by atoms with van der Waals surface area (Å²) in [6.45, 7) is 0. The van der Waals surface area contributed by atoms with Gasteiger partial charge in [-0.15, -0.1) is 10.2 Å². The molecule has 3 N–H and O–H groups in total. The first-order valence-corrected chi connectivity index (χ1v) is 9.37. The molecular formula is C24H16N4O2. The van der Waals surface area contributed by atoms with Crippen LogP contribution in [0.25, 0.3) is 32.6 Å².